The quantitative estimate of drug-likeness (QED) is 0.798. The first-order valence-electron chi connectivity index (χ1n) is 7.76. The van der Waals surface area contributed by atoms with Gasteiger partial charge in [-0.2, -0.15) is 5.10 Å². The van der Waals surface area contributed by atoms with Gasteiger partial charge in [0.15, 0.2) is 0 Å². The molecule has 0 unspecified atom stereocenters. The molecule has 1 aromatic carbocycles. The summed E-state index contributed by atoms with van der Waals surface area (Å²) >= 11 is 1.61. The van der Waals surface area contributed by atoms with Gasteiger partial charge in [-0.3, -0.25) is 9.48 Å². The van der Waals surface area contributed by atoms with E-state index in [1.54, 1.807) is 17.5 Å². The van der Waals surface area contributed by atoms with Gasteiger partial charge in [0.2, 0.25) is 0 Å². The Morgan fingerprint density at radius 3 is 2.87 bits per heavy atom. The molecule has 2 aromatic heterocycles. The Bertz CT molecular complexity index is 842. The summed E-state index contributed by atoms with van der Waals surface area (Å²) in [6.07, 6.45) is 5.78. The van der Waals surface area contributed by atoms with Crippen molar-refractivity contribution in [2.45, 2.75) is 38.3 Å². The van der Waals surface area contributed by atoms with E-state index in [1.165, 1.54) is 0 Å². The van der Waals surface area contributed by atoms with Gasteiger partial charge in [-0.15, -0.1) is 11.3 Å². The van der Waals surface area contributed by atoms with Crippen LogP contribution in [0.3, 0.4) is 0 Å². The van der Waals surface area contributed by atoms with Crippen molar-refractivity contribution in [1.82, 2.24) is 20.1 Å². The van der Waals surface area contributed by atoms with Crippen molar-refractivity contribution >= 4 is 27.5 Å². The van der Waals surface area contributed by atoms with E-state index in [4.69, 9.17) is 0 Å². The summed E-state index contributed by atoms with van der Waals surface area (Å²) in [7, 11) is 0. The van der Waals surface area contributed by atoms with Crippen LogP contribution in [0.5, 0.6) is 0 Å². The van der Waals surface area contributed by atoms with Gasteiger partial charge in [-0.1, -0.05) is 12.1 Å². The fraction of sp³-hybridized carbons (Fsp3) is 0.353. The second-order valence-electron chi connectivity index (χ2n) is 6.51. The van der Waals surface area contributed by atoms with Gasteiger partial charge in [-0.05, 0) is 38.8 Å². The van der Waals surface area contributed by atoms with E-state index >= 15 is 0 Å². The molecule has 1 N–H and O–H groups in total. The van der Waals surface area contributed by atoms with Crippen LogP contribution < -0.4 is 5.32 Å². The standard InChI is InChI=1S/C17H18N4OS/c1-17(2,16-19-13-5-3-4-6-14(13)23-16)20-15(22)11-9-18-21(10-11)12-7-8-12/h3-6,9-10,12H,7-8H2,1-2H3,(H,20,22). The molecule has 0 atom stereocenters. The van der Waals surface area contributed by atoms with Crippen LogP contribution in [0.1, 0.15) is 48.1 Å². The molecular formula is C17H18N4OS. The van der Waals surface area contributed by atoms with Crippen molar-refractivity contribution in [2.75, 3.05) is 0 Å². The van der Waals surface area contributed by atoms with Crippen LogP contribution in [0.2, 0.25) is 0 Å². The summed E-state index contributed by atoms with van der Waals surface area (Å²) in [5.41, 5.74) is 1.05. The second kappa shape index (κ2) is 5.16. The van der Waals surface area contributed by atoms with Crippen molar-refractivity contribution in [3.05, 3.63) is 47.2 Å². The predicted octanol–water partition coefficient (Wildman–Crippen LogP) is 3.49. The first kappa shape index (κ1) is 14.4. The number of hydrogen-bond donors (Lipinski definition) is 1. The van der Waals surface area contributed by atoms with E-state index in [1.807, 2.05) is 49.0 Å². The minimum Gasteiger partial charge on any atom is -0.341 e. The van der Waals surface area contributed by atoms with Gasteiger partial charge in [0.1, 0.15) is 5.01 Å². The molecule has 1 aliphatic carbocycles. The Morgan fingerprint density at radius 1 is 1.35 bits per heavy atom. The topological polar surface area (TPSA) is 59.8 Å². The third-order valence-corrected chi connectivity index (χ3v) is 5.40. The van der Waals surface area contributed by atoms with E-state index in [-0.39, 0.29) is 5.91 Å². The lowest BCUT2D eigenvalue weighted by Gasteiger charge is -2.23. The number of carbonyl (C=O) groups excluding carboxylic acids is 1. The van der Waals surface area contributed by atoms with Gasteiger partial charge in [0.25, 0.3) is 5.91 Å². The molecule has 0 bridgehead atoms. The minimum absolute atomic E-state index is 0.110. The smallest absolute Gasteiger partial charge is 0.255 e. The number of rotatable bonds is 4. The Hall–Kier alpha value is -2.21. The van der Waals surface area contributed by atoms with Crippen molar-refractivity contribution < 1.29 is 4.79 Å². The Morgan fingerprint density at radius 2 is 2.13 bits per heavy atom. The Balaban J connectivity index is 1.56. The van der Waals surface area contributed by atoms with Crippen LogP contribution in [0.15, 0.2) is 36.7 Å². The van der Waals surface area contributed by atoms with Crippen LogP contribution >= 0.6 is 11.3 Å². The van der Waals surface area contributed by atoms with Crippen molar-refractivity contribution in [3.8, 4) is 0 Å². The number of nitrogens with zero attached hydrogens (tertiary/aromatic N) is 3. The van der Waals surface area contributed by atoms with E-state index in [9.17, 15) is 4.79 Å². The van der Waals surface area contributed by atoms with Crippen molar-refractivity contribution in [1.29, 1.82) is 0 Å². The zero-order chi connectivity index (χ0) is 16.0. The van der Waals surface area contributed by atoms with Crippen LogP contribution in [0.4, 0.5) is 0 Å². The highest BCUT2D eigenvalue weighted by Gasteiger charge is 2.29. The molecule has 2 heterocycles. The van der Waals surface area contributed by atoms with Crippen LogP contribution in [0.25, 0.3) is 10.2 Å². The summed E-state index contributed by atoms with van der Waals surface area (Å²) in [6, 6.07) is 8.50. The fourth-order valence-corrected chi connectivity index (χ4v) is 3.57. The zero-order valence-corrected chi connectivity index (χ0v) is 13.9. The number of carbonyl (C=O) groups is 1. The number of amides is 1. The van der Waals surface area contributed by atoms with Crippen molar-refractivity contribution in [2.24, 2.45) is 0 Å². The van der Waals surface area contributed by atoms with Crippen LogP contribution in [0, 0.1) is 0 Å². The van der Waals surface area contributed by atoms with Gasteiger partial charge < -0.3 is 5.32 Å². The summed E-state index contributed by atoms with van der Waals surface area (Å²) < 4.78 is 3.02. The lowest BCUT2D eigenvalue weighted by Crippen LogP contribution is -2.40. The number of hydrogen-bond acceptors (Lipinski definition) is 4. The molecule has 1 aliphatic rings. The summed E-state index contributed by atoms with van der Waals surface area (Å²) in [5, 5.41) is 8.26. The Labute approximate surface area is 138 Å². The molecule has 5 nitrogen and oxygen atoms in total. The molecule has 0 radical (unpaired) electrons. The molecule has 0 saturated heterocycles. The van der Waals surface area contributed by atoms with Crippen LogP contribution in [-0.2, 0) is 5.54 Å². The molecule has 0 aliphatic heterocycles. The van der Waals surface area contributed by atoms with E-state index in [0.717, 1.165) is 28.1 Å². The van der Waals surface area contributed by atoms with Gasteiger partial charge >= 0.3 is 0 Å². The molecule has 4 rings (SSSR count). The lowest BCUT2D eigenvalue weighted by atomic mass is 10.1. The molecular weight excluding hydrogens is 308 g/mol. The minimum atomic E-state index is -0.525. The molecule has 1 amide bonds. The molecule has 23 heavy (non-hydrogen) atoms. The first-order chi connectivity index (χ1) is 11.0. The van der Waals surface area contributed by atoms with Crippen LogP contribution in [-0.4, -0.2) is 20.7 Å². The summed E-state index contributed by atoms with van der Waals surface area (Å²) in [5.74, 6) is -0.110. The predicted molar refractivity (Wildman–Crippen MR) is 90.6 cm³/mol. The molecule has 3 aromatic rings. The molecule has 6 heteroatoms. The van der Waals surface area contributed by atoms with Gasteiger partial charge in [0.05, 0.1) is 33.6 Å². The Kier molecular flexibility index (Phi) is 3.23. The van der Waals surface area contributed by atoms with Gasteiger partial charge in [-0.25, -0.2) is 4.98 Å². The summed E-state index contributed by atoms with van der Waals surface area (Å²) in [6.45, 7) is 3.96. The highest BCUT2D eigenvalue weighted by Crippen LogP contribution is 2.34. The van der Waals surface area contributed by atoms with E-state index in [0.29, 0.717) is 11.6 Å². The number of thiazole rings is 1. The van der Waals surface area contributed by atoms with Crippen molar-refractivity contribution in [3.63, 3.8) is 0 Å². The monoisotopic (exact) mass is 326 g/mol. The third kappa shape index (κ3) is 2.74. The third-order valence-electron chi connectivity index (χ3n) is 4.04. The maximum atomic E-state index is 12.5. The maximum absolute atomic E-state index is 12.5. The maximum Gasteiger partial charge on any atom is 0.255 e. The lowest BCUT2D eigenvalue weighted by molar-refractivity contribution is 0.0912. The average molecular weight is 326 g/mol. The highest BCUT2D eigenvalue weighted by atomic mass is 32.1. The first-order valence-corrected chi connectivity index (χ1v) is 8.57. The molecule has 118 valence electrons. The van der Waals surface area contributed by atoms with E-state index < -0.39 is 5.54 Å². The second-order valence-corrected chi connectivity index (χ2v) is 7.54. The average Bonchev–Trinajstić information content (AvgIpc) is 3.09. The number of aromatic nitrogens is 3. The van der Waals surface area contributed by atoms with Gasteiger partial charge in [0, 0.05) is 6.20 Å². The fourth-order valence-electron chi connectivity index (χ4n) is 2.54. The zero-order valence-electron chi connectivity index (χ0n) is 13.1. The number of nitrogens with one attached hydrogen (secondary N) is 1. The summed E-state index contributed by atoms with van der Waals surface area (Å²) in [4.78, 5) is 17.2. The number of benzene rings is 1. The SMILES string of the molecule is CC(C)(NC(=O)c1cnn(C2CC2)c1)c1nc2ccccc2s1. The molecule has 1 saturated carbocycles. The molecule has 1 fully saturated rings. The highest BCUT2D eigenvalue weighted by molar-refractivity contribution is 7.18. The molecule has 0 spiro atoms. The largest absolute Gasteiger partial charge is 0.341 e. The normalized spacial score (nSPS) is 15.0. The number of para-hydroxylation sites is 1. The van der Waals surface area contributed by atoms with E-state index in [2.05, 4.69) is 15.4 Å². The number of fused-ring (bicyclic) bond motifs is 1.